The number of nitrogens with one attached hydrogen (secondary N) is 1. The fourth-order valence-corrected chi connectivity index (χ4v) is 7.23. The number of piperidine rings is 1. The van der Waals surface area contributed by atoms with E-state index in [0.717, 1.165) is 46.2 Å². The van der Waals surface area contributed by atoms with E-state index < -0.39 is 0 Å². The maximum Gasteiger partial charge on any atom is 0.410 e. The molecule has 4 aromatic rings. The van der Waals surface area contributed by atoms with E-state index in [1.54, 1.807) is 11.0 Å². The first kappa shape index (κ1) is 38.4. The van der Waals surface area contributed by atoms with Crippen LogP contribution in [-0.2, 0) is 30.9 Å². The summed E-state index contributed by atoms with van der Waals surface area (Å²) >= 11 is 0. The number of halogens is 2. The lowest BCUT2D eigenvalue weighted by Crippen LogP contribution is -3.00. The highest BCUT2D eigenvalue weighted by atomic mass is 127. The number of quaternary nitrogens is 1. The van der Waals surface area contributed by atoms with Crippen molar-refractivity contribution in [2.24, 2.45) is 5.92 Å². The van der Waals surface area contributed by atoms with Gasteiger partial charge in [-0.1, -0.05) is 66.7 Å². The highest BCUT2D eigenvalue weighted by Crippen LogP contribution is 2.27. The molecular formula is C42H50FIN4O3. The minimum Gasteiger partial charge on any atom is -1.00 e. The molecule has 0 spiro atoms. The van der Waals surface area contributed by atoms with Crippen LogP contribution in [0.2, 0.25) is 0 Å². The molecule has 0 bridgehead atoms. The van der Waals surface area contributed by atoms with Gasteiger partial charge >= 0.3 is 6.09 Å². The summed E-state index contributed by atoms with van der Waals surface area (Å²) in [6.45, 7) is 7.72. The molecule has 0 unspecified atom stereocenters. The van der Waals surface area contributed by atoms with Gasteiger partial charge in [-0.05, 0) is 90.3 Å². The quantitative estimate of drug-likeness (QED) is 0.192. The zero-order valence-corrected chi connectivity index (χ0v) is 32.2. The third-order valence-corrected chi connectivity index (χ3v) is 10.3. The lowest BCUT2D eigenvalue weighted by atomic mass is 9.89. The molecule has 2 heterocycles. The van der Waals surface area contributed by atoms with Crippen LogP contribution in [0.5, 0.6) is 0 Å². The minimum absolute atomic E-state index is 0. The van der Waals surface area contributed by atoms with Gasteiger partial charge in [-0.25, -0.2) is 9.18 Å². The SMILES string of the molecule is C[C@H]1CN(Cc2cccc(-c3cc(CNC(=O)c4cccc(CC5CC[N+](C)(C)CC5)c4)ccc3F)c2)CCN1C(=O)OCc1ccccc1.[I-]. The second-order valence-electron chi connectivity index (χ2n) is 14.7. The molecule has 0 radical (unpaired) electrons. The summed E-state index contributed by atoms with van der Waals surface area (Å²) in [6, 6.07) is 30.7. The van der Waals surface area contributed by atoms with E-state index in [0.29, 0.717) is 36.7 Å². The number of amides is 2. The first-order valence-corrected chi connectivity index (χ1v) is 17.9. The first-order valence-electron chi connectivity index (χ1n) is 17.9. The molecule has 0 aliphatic carbocycles. The van der Waals surface area contributed by atoms with Crippen LogP contribution in [0.3, 0.4) is 0 Å². The van der Waals surface area contributed by atoms with Gasteiger partial charge in [0.25, 0.3) is 5.91 Å². The van der Waals surface area contributed by atoms with E-state index in [2.05, 4.69) is 36.4 Å². The van der Waals surface area contributed by atoms with Gasteiger partial charge in [-0.15, -0.1) is 0 Å². The Morgan fingerprint density at radius 1 is 0.843 bits per heavy atom. The predicted octanol–water partition coefficient (Wildman–Crippen LogP) is 4.30. The van der Waals surface area contributed by atoms with Crippen LogP contribution < -0.4 is 29.3 Å². The third kappa shape index (κ3) is 10.6. The average molecular weight is 805 g/mol. The molecule has 1 atom stereocenters. The molecular weight excluding hydrogens is 754 g/mol. The van der Waals surface area contributed by atoms with Crippen molar-refractivity contribution in [2.45, 2.75) is 51.9 Å². The summed E-state index contributed by atoms with van der Waals surface area (Å²) in [5.74, 6) is 0.233. The first-order chi connectivity index (χ1) is 24.1. The Morgan fingerprint density at radius 2 is 1.57 bits per heavy atom. The Labute approximate surface area is 319 Å². The van der Waals surface area contributed by atoms with E-state index in [1.807, 2.05) is 79.7 Å². The maximum absolute atomic E-state index is 15.2. The summed E-state index contributed by atoms with van der Waals surface area (Å²) < 4.78 is 21.8. The normalized spacial score (nSPS) is 17.7. The van der Waals surface area contributed by atoms with E-state index in [9.17, 15) is 9.59 Å². The van der Waals surface area contributed by atoms with E-state index in [4.69, 9.17) is 4.74 Å². The summed E-state index contributed by atoms with van der Waals surface area (Å²) in [5.41, 5.74) is 6.04. The van der Waals surface area contributed by atoms with Crippen molar-refractivity contribution in [3.8, 4) is 11.1 Å². The predicted molar refractivity (Wildman–Crippen MR) is 196 cm³/mol. The Balaban J connectivity index is 0.00000504. The number of hydrogen-bond acceptors (Lipinski definition) is 4. The van der Waals surface area contributed by atoms with Crippen molar-refractivity contribution in [3.05, 3.63) is 131 Å². The van der Waals surface area contributed by atoms with Gasteiger partial charge in [-0.2, -0.15) is 0 Å². The van der Waals surface area contributed by atoms with Crippen molar-refractivity contribution in [1.82, 2.24) is 15.1 Å². The Hall–Kier alpha value is -3.80. The van der Waals surface area contributed by atoms with Crippen LogP contribution in [-0.4, -0.2) is 79.1 Å². The molecule has 2 amide bonds. The fraction of sp³-hybridized carbons (Fsp3) is 0.381. The van der Waals surface area contributed by atoms with Crippen molar-refractivity contribution in [2.75, 3.05) is 46.8 Å². The van der Waals surface area contributed by atoms with Gasteiger partial charge < -0.3 is 43.4 Å². The Morgan fingerprint density at radius 3 is 2.33 bits per heavy atom. The molecule has 4 aromatic carbocycles. The summed E-state index contributed by atoms with van der Waals surface area (Å²) in [5, 5.41) is 3.04. The van der Waals surface area contributed by atoms with E-state index >= 15 is 4.39 Å². The molecule has 7 nitrogen and oxygen atoms in total. The molecule has 51 heavy (non-hydrogen) atoms. The Kier molecular flexibility index (Phi) is 13.3. The number of ether oxygens (including phenoxy) is 1. The number of hydrogen-bond donors (Lipinski definition) is 1. The van der Waals surface area contributed by atoms with E-state index in [1.165, 1.54) is 37.6 Å². The van der Waals surface area contributed by atoms with Gasteiger partial charge in [0.15, 0.2) is 0 Å². The maximum atomic E-state index is 15.2. The average Bonchev–Trinajstić information content (AvgIpc) is 3.12. The number of carbonyl (C=O) groups is 2. The smallest absolute Gasteiger partial charge is 0.410 e. The molecule has 2 fully saturated rings. The molecule has 2 aliphatic heterocycles. The standard InChI is InChI=1S/C42H49FN4O3.HI/c1-31-28-45(19-20-46(31)42(49)50-30-33-9-5-4-6-10-33)29-36-12-8-13-37(25-36)39-26-35(15-16-40(39)43)27-44-41(48)38-14-7-11-34(24-38)23-32-17-21-47(2,3)22-18-32;/h4-16,24-26,31-32H,17-23,27-30H2,1-3H3;1H/t31-;/m0./s1. The third-order valence-electron chi connectivity index (χ3n) is 10.3. The summed E-state index contributed by atoms with van der Waals surface area (Å²) in [6.07, 6.45) is 3.13. The summed E-state index contributed by atoms with van der Waals surface area (Å²) in [4.78, 5) is 30.1. The van der Waals surface area contributed by atoms with Gasteiger partial charge in [-0.3, -0.25) is 9.69 Å². The number of rotatable bonds is 10. The largest absolute Gasteiger partial charge is 1.00 e. The van der Waals surface area contributed by atoms with Crippen LogP contribution in [0.4, 0.5) is 9.18 Å². The van der Waals surface area contributed by atoms with Crippen molar-refractivity contribution >= 4 is 12.0 Å². The number of likely N-dealkylation sites (tertiary alicyclic amines) is 1. The molecule has 0 saturated carbocycles. The number of nitrogens with zero attached hydrogens (tertiary/aromatic N) is 3. The number of piperazine rings is 1. The van der Waals surface area contributed by atoms with Crippen molar-refractivity contribution < 1.29 is 47.2 Å². The molecule has 2 aliphatic rings. The number of carbonyl (C=O) groups excluding carboxylic acids is 2. The molecule has 9 heteroatoms. The molecule has 2 saturated heterocycles. The molecule has 1 N–H and O–H groups in total. The van der Waals surface area contributed by atoms with Crippen LogP contribution in [0, 0.1) is 11.7 Å². The second-order valence-corrected chi connectivity index (χ2v) is 14.7. The van der Waals surface area contributed by atoms with Crippen molar-refractivity contribution in [3.63, 3.8) is 0 Å². The van der Waals surface area contributed by atoms with Crippen LogP contribution in [0.15, 0.2) is 97.1 Å². The molecule has 6 rings (SSSR count). The van der Waals surface area contributed by atoms with Crippen LogP contribution >= 0.6 is 0 Å². The van der Waals surface area contributed by atoms with Crippen LogP contribution in [0.1, 0.15) is 52.4 Å². The highest BCUT2D eigenvalue weighted by molar-refractivity contribution is 5.94. The van der Waals surface area contributed by atoms with Gasteiger partial charge in [0, 0.05) is 49.9 Å². The van der Waals surface area contributed by atoms with Gasteiger partial charge in [0.1, 0.15) is 12.4 Å². The lowest BCUT2D eigenvalue weighted by molar-refractivity contribution is -0.896. The minimum atomic E-state index is -0.300. The number of benzene rings is 4. The van der Waals surface area contributed by atoms with Gasteiger partial charge in [0.2, 0.25) is 0 Å². The second kappa shape index (κ2) is 17.6. The Bertz CT molecular complexity index is 1780. The zero-order valence-electron chi connectivity index (χ0n) is 30.0. The highest BCUT2D eigenvalue weighted by Gasteiger charge is 2.29. The van der Waals surface area contributed by atoms with E-state index in [-0.39, 0.29) is 54.4 Å². The van der Waals surface area contributed by atoms with Crippen molar-refractivity contribution in [1.29, 1.82) is 0 Å². The molecule has 270 valence electrons. The fourth-order valence-electron chi connectivity index (χ4n) is 7.23. The van der Waals surface area contributed by atoms with Crippen LogP contribution in [0.25, 0.3) is 11.1 Å². The van der Waals surface area contributed by atoms with Gasteiger partial charge in [0.05, 0.1) is 27.2 Å². The monoisotopic (exact) mass is 804 g/mol. The molecule has 0 aromatic heterocycles. The topological polar surface area (TPSA) is 61.9 Å². The zero-order chi connectivity index (χ0) is 35.1. The summed E-state index contributed by atoms with van der Waals surface area (Å²) in [7, 11) is 4.59. The lowest BCUT2D eigenvalue weighted by Gasteiger charge is -2.39.